The molecule has 0 amide bonds. The van der Waals surface area contributed by atoms with Gasteiger partial charge in [0.05, 0.1) is 24.7 Å². The molecule has 2 aromatic rings. The Morgan fingerprint density at radius 3 is 2.71 bits per heavy atom. The number of aryl methyl sites for hydroxylation is 1. The molecule has 0 bridgehead atoms. The molecule has 86 valence electrons. The minimum absolute atomic E-state index is 0.140. The lowest BCUT2D eigenvalue weighted by atomic mass is 10.2. The number of nitrogens with one attached hydrogen (secondary N) is 1. The summed E-state index contributed by atoms with van der Waals surface area (Å²) in [6.07, 6.45) is 0.307. The van der Waals surface area contributed by atoms with E-state index >= 15 is 0 Å². The summed E-state index contributed by atoms with van der Waals surface area (Å²) in [5, 5.41) is 11.5. The molecule has 0 spiro atoms. The zero-order chi connectivity index (χ0) is 12.3. The Labute approximate surface area is 107 Å². The van der Waals surface area contributed by atoms with Gasteiger partial charge in [0.2, 0.25) is 0 Å². The van der Waals surface area contributed by atoms with Crippen molar-refractivity contribution in [2.24, 2.45) is 0 Å². The van der Waals surface area contributed by atoms with Gasteiger partial charge in [-0.1, -0.05) is 30.3 Å². The highest BCUT2D eigenvalue weighted by Crippen LogP contribution is 2.23. The maximum absolute atomic E-state index is 11.8. The second-order valence-electron chi connectivity index (χ2n) is 3.53. The second-order valence-corrected chi connectivity index (χ2v) is 4.32. The normalized spacial score (nSPS) is 10.1. The third-order valence-electron chi connectivity index (χ3n) is 2.41. The number of H-pyrrole nitrogens is 1. The molecule has 0 aliphatic carbocycles. The van der Waals surface area contributed by atoms with Gasteiger partial charge in [-0.25, -0.2) is 0 Å². The van der Waals surface area contributed by atoms with Gasteiger partial charge in [-0.3, -0.25) is 14.6 Å². The number of aromatic nitrogens is 2. The Kier molecular flexibility index (Phi) is 3.45. The average Bonchev–Trinajstić information content (AvgIpc) is 2.65. The first-order valence-corrected chi connectivity index (χ1v) is 5.94. The van der Waals surface area contributed by atoms with Crippen molar-refractivity contribution in [2.75, 3.05) is 0 Å². The third-order valence-corrected chi connectivity index (χ3v) is 3.14. The number of aromatic amines is 1. The predicted molar refractivity (Wildman–Crippen MR) is 68.4 cm³/mol. The Bertz CT molecular complexity index is 607. The summed E-state index contributed by atoms with van der Waals surface area (Å²) in [7, 11) is 0. The van der Waals surface area contributed by atoms with E-state index in [1.165, 1.54) is 4.68 Å². The number of rotatable bonds is 3. The van der Waals surface area contributed by atoms with Gasteiger partial charge in [-0.15, -0.1) is 0 Å². The number of halogens is 1. The highest BCUT2D eigenvalue weighted by Gasteiger charge is 2.12. The van der Waals surface area contributed by atoms with Crippen LogP contribution < -0.4 is 5.56 Å². The van der Waals surface area contributed by atoms with Crippen molar-refractivity contribution in [3.05, 3.63) is 45.2 Å². The van der Waals surface area contributed by atoms with Crippen LogP contribution in [0, 0.1) is 11.3 Å². The largest absolute Gasteiger partial charge is 0.294 e. The maximum Gasteiger partial charge on any atom is 0.281 e. The molecule has 17 heavy (non-hydrogen) atoms. The minimum Gasteiger partial charge on any atom is -0.294 e. The van der Waals surface area contributed by atoms with Gasteiger partial charge in [0.15, 0.2) is 0 Å². The number of nitrogens with zero attached hydrogens (tertiary/aromatic N) is 2. The standard InChI is InChI=1S/C12H10BrN3O/c13-10-11(9-5-2-1-3-6-9)15-16(12(10)17)8-4-7-14/h1-3,5-6,15H,4,8H2. The Morgan fingerprint density at radius 1 is 1.35 bits per heavy atom. The second kappa shape index (κ2) is 5.02. The first-order valence-electron chi connectivity index (χ1n) is 5.14. The SMILES string of the molecule is N#CCCn1[nH]c(-c2ccccc2)c(Br)c1=O. The van der Waals surface area contributed by atoms with Crippen LogP contribution in [0.5, 0.6) is 0 Å². The van der Waals surface area contributed by atoms with Crippen molar-refractivity contribution in [3.8, 4) is 17.3 Å². The molecule has 0 fully saturated rings. The van der Waals surface area contributed by atoms with E-state index in [4.69, 9.17) is 5.26 Å². The molecule has 0 radical (unpaired) electrons. The number of hydrogen-bond acceptors (Lipinski definition) is 2. The minimum atomic E-state index is -0.140. The van der Waals surface area contributed by atoms with Crippen LogP contribution in [-0.2, 0) is 6.54 Å². The van der Waals surface area contributed by atoms with Gasteiger partial charge in [0.25, 0.3) is 5.56 Å². The summed E-state index contributed by atoms with van der Waals surface area (Å²) in [5.41, 5.74) is 1.54. The van der Waals surface area contributed by atoms with Gasteiger partial charge in [0.1, 0.15) is 4.47 Å². The van der Waals surface area contributed by atoms with E-state index in [0.29, 0.717) is 17.4 Å². The Morgan fingerprint density at radius 2 is 2.06 bits per heavy atom. The zero-order valence-corrected chi connectivity index (χ0v) is 10.6. The highest BCUT2D eigenvalue weighted by atomic mass is 79.9. The maximum atomic E-state index is 11.8. The summed E-state index contributed by atoms with van der Waals surface area (Å²) in [6, 6.07) is 11.6. The van der Waals surface area contributed by atoms with Crippen molar-refractivity contribution in [2.45, 2.75) is 13.0 Å². The summed E-state index contributed by atoms with van der Waals surface area (Å²) >= 11 is 3.28. The van der Waals surface area contributed by atoms with Crippen LogP contribution >= 0.6 is 15.9 Å². The number of benzene rings is 1. The lowest BCUT2D eigenvalue weighted by Crippen LogP contribution is -2.16. The van der Waals surface area contributed by atoms with E-state index in [0.717, 1.165) is 11.3 Å². The van der Waals surface area contributed by atoms with Crippen LogP contribution in [-0.4, -0.2) is 9.78 Å². The smallest absolute Gasteiger partial charge is 0.281 e. The molecular weight excluding hydrogens is 282 g/mol. The molecule has 5 heteroatoms. The van der Waals surface area contributed by atoms with E-state index in [2.05, 4.69) is 21.0 Å². The number of nitriles is 1. The van der Waals surface area contributed by atoms with E-state index in [1.807, 2.05) is 36.4 Å². The van der Waals surface area contributed by atoms with E-state index in [-0.39, 0.29) is 5.56 Å². The molecule has 1 aromatic carbocycles. The monoisotopic (exact) mass is 291 g/mol. The molecule has 0 atom stereocenters. The molecule has 0 unspecified atom stereocenters. The van der Waals surface area contributed by atoms with Crippen LogP contribution in [0.1, 0.15) is 6.42 Å². The molecule has 0 aliphatic rings. The fraction of sp³-hybridized carbons (Fsp3) is 0.167. The van der Waals surface area contributed by atoms with Gasteiger partial charge < -0.3 is 0 Å². The van der Waals surface area contributed by atoms with Crippen molar-refractivity contribution < 1.29 is 0 Å². The van der Waals surface area contributed by atoms with Crippen LogP contribution in [0.2, 0.25) is 0 Å². The first-order chi connectivity index (χ1) is 8.24. The van der Waals surface area contributed by atoms with Crippen LogP contribution in [0.3, 0.4) is 0 Å². The Hall–Kier alpha value is -1.80. The molecular formula is C12H10BrN3O. The average molecular weight is 292 g/mol. The molecule has 4 nitrogen and oxygen atoms in total. The number of hydrogen-bond donors (Lipinski definition) is 1. The van der Waals surface area contributed by atoms with Crippen molar-refractivity contribution in [3.63, 3.8) is 0 Å². The topological polar surface area (TPSA) is 61.6 Å². The molecule has 0 aliphatic heterocycles. The summed E-state index contributed by atoms with van der Waals surface area (Å²) < 4.78 is 1.94. The molecule has 1 aromatic heterocycles. The van der Waals surface area contributed by atoms with Crippen LogP contribution in [0.25, 0.3) is 11.3 Å². The van der Waals surface area contributed by atoms with Crippen LogP contribution in [0.4, 0.5) is 0 Å². The molecule has 0 saturated carbocycles. The van der Waals surface area contributed by atoms with Gasteiger partial charge in [-0.05, 0) is 15.9 Å². The predicted octanol–water partition coefficient (Wildman–Crippen LogP) is 2.52. The zero-order valence-electron chi connectivity index (χ0n) is 8.98. The van der Waals surface area contributed by atoms with Gasteiger partial charge in [0, 0.05) is 5.56 Å². The molecule has 1 N–H and O–H groups in total. The van der Waals surface area contributed by atoms with Crippen LogP contribution in [0.15, 0.2) is 39.6 Å². The van der Waals surface area contributed by atoms with Crippen molar-refractivity contribution in [1.82, 2.24) is 9.78 Å². The molecule has 0 saturated heterocycles. The van der Waals surface area contributed by atoms with E-state index in [9.17, 15) is 4.79 Å². The van der Waals surface area contributed by atoms with Gasteiger partial charge in [-0.2, -0.15) is 5.26 Å². The quantitative estimate of drug-likeness (QED) is 0.944. The van der Waals surface area contributed by atoms with Crippen molar-refractivity contribution in [1.29, 1.82) is 5.26 Å². The lowest BCUT2D eigenvalue weighted by molar-refractivity contribution is 0.609. The molecule has 1 heterocycles. The van der Waals surface area contributed by atoms with Gasteiger partial charge >= 0.3 is 0 Å². The summed E-state index contributed by atoms with van der Waals surface area (Å²) in [6.45, 7) is 0.376. The van der Waals surface area contributed by atoms with Crippen molar-refractivity contribution >= 4 is 15.9 Å². The first kappa shape index (κ1) is 11.7. The summed E-state index contributed by atoms with van der Waals surface area (Å²) in [5.74, 6) is 0. The van der Waals surface area contributed by atoms with E-state index < -0.39 is 0 Å². The fourth-order valence-electron chi connectivity index (χ4n) is 1.58. The summed E-state index contributed by atoms with van der Waals surface area (Å²) in [4.78, 5) is 11.8. The fourth-order valence-corrected chi connectivity index (χ4v) is 2.11. The lowest BCUT2D eigenvalue weighted by Gasteiger charge is -1.98. The highest BCUT2D eigenvalue weighted by molar-refractivity contribution is 9.10. The third kappa shape index (κ3) is 2.32. The van der Waals surface area contributed by atoms with E-state index in [1.54, 1.807) is 0 Å². The Balaban J connectivity index is 2.44. The molecule has 2 rings (SSSR count).